The largest absolute Gasteiger partial charge is 0.332 e. The maximum Gasteiger partial charge on any atom is 0.256 e. The van der Waals surface area contributed by atoms with Gasteiger partial charge < -0.3 is 10.2 Å². The number of likely N-dealkylation sites (N-methyl/N-ethyl adjacent to an activating group) is 1. The predicted octanol–water partition coefficient (Wildman–Crippen LogP) is 3.75. The summed E-state index contributed by atoms with van der Waals surface area (Å²) in [6.07, 6.45) is 0. The third-order valence-corrected chi connectivity index (χ3v) is 4.58. The van der Waals surface area contributed by atoms with Crippen molar-refractivity contribution < 1.29 is 14.0 Å². The Hall–Kier alpha value is -3.06. The number of para-hydroxylation sites is 1. The molecule has 1 aromatic heterocycles. The first-order valence-corrected chi connectivity index (χ1v) is 8.88. The fourth-order valence-corrected chi connectivity index (χ4v) is 2.89. The van der Waals surface area contributed by atoms with Crippen molar-refractivity contribution in [3.05, 3.63) is 64.2 Å². The number of nitrogens with zero attached hydrogens (tertiary/aromatic N) is 3. The van der Waals surface area contributed by atoms with Crippen molar-refractivity contribution >= 4 is 40.1 Å². The Morgan fingerprint density at radius 2 is 1.82 bits per heavy atom. The molecule has 3 aromatic rings. The van der Waals surface area contributed by atoms with Gasteiger partial charge in [0.25, 0.3) is 5.91 Å². The van der Waals surface area contributed by atoms with E-state index in [0.29, 0.717) is 33.1 Å². The standard InChI is InChI=1S/C20H18ClFN4O2/c1-11-12(2)24-19-14(8-13(22)9-17(19)23-11)20(28)26(3)10-18(27)25-16-7-5-4-6-15(16)21/h4-9H,10H2,1-3H3,(H,25,27). The first kappa shape index (κ1) is 19.7. The van der Waals surface area contributed by atoms with Crippen LogP contribution < -0.4 is 5.32 Å². The van der Waals surface area contributed by atoms with Crippen LogP contribution in [0.1, 0.15) is 21.7 Å². The lowest BCUT2D eigenvalue weighted by atomic mass is 10.1. The lowest BCUT2D eigenvalue weighted by Crippen LogP contribution is -2.35. The van der Waals surface area contributed by atoms with E-state index in [4.69, 9.17) is 11.6 Å². The quantitative estimate of drug-likeness (QED) is 0.723. The second kappa shape index (κ2) is 7.90. The van der Waals surface area contributed by atoms with Crippen LogP contribution in [0.25, 0.3) is 11.0 Å². The molecular formula is C20H18ClFN4O2. The average molecular weight is 401 g/mol. The molecule has 0 radical (unpaired) electrons. The smallest absolute Gasteiger partial charge is 0.256 e. The molecule has 0 unspecified atom stereocenters. The highest BCUT2D eigenvalue weighted by atomic mass is 35.5. The van der Waals surface area contributed by atoms with Crippen LogP contribution in [0, 0.1) is 19.7 Å². The summed E-state index contributed by atoms with van der Waals surface area (Å²) in [6, 6.07) is 9.12. The van der Waals surface area contributed by atoms with E-state index >= 15 is 0 Å². The Kier molecular flexibility index (Phi) is 5.56. The maximum absolute atomic E-state index is 14.0. The molecule has 8 heteroatoms. The van der Waals surface area contributed by atoms with Crippen LogP contribution in [0.15, 0.2) is 36.4 Å². The highest BCUT2D eigenvalue weighted by Crippen LogP contribution is 2.22. The van der Waals surface area contributed by atoms with E-state index in [1.54, 1.807) is 38.1 Å². The summed E-state index contributed by atoms with van der Waals surface area (Å²) in [4.78, 5) is 35.0. The molecule has 2 amide bonds. The van der Waals surface area contributed by atoms with Crippen LogP contribution in [0.4, 0.5) is 10.1 Å². The van der Waals surface area contributed by atoms with Crippen LogP contribution in [0.3, 0.4) is 0 Å². The molecule has 0 atom stereocenters. The third kappa shape index (κ3) is 4.09. The summed E-state index contributed by atoms with van der Waals surface area (Å²) in [7, 11) is 1.46. The molecular weight excluding hydrogens is 383 g/mol. The van der Waals surface area contributed by atoms with Gasteiger partial charge in [0.1, 0.15) is 11.3 Å². The summed E-state index contributed by atoms with van der Waals surface area (Å²) in [5, 5.41) is 3.04. The summed E-state index contributed by atoms with van der Waals surface area (Å²) in [5.74, 6) is -1.55. The van der Waals surface area contributed by atoms with Gasteiger partial charge in [-0.25, -0.2) is 14.4 Å². The number of benzene rings is 2. The Balaban J connectivity index is 1.84. The van der Waals surface area contributed by atoms with E-state index in [9.17, 15) is 14.0 Å². The van der Waals surface area contributed by atoms with Crippen LogP contribution >= 0.6 is 11.6 Å². The van der Waals surface area contributed by atoms with Gasteiger partial charge in [-0.1, -0.05) is 23.7 Å². The molecule has 0 aliphatic heterocycles. The van der Waals surface area contributed by atoms with Gasteiger partial charge in [0.05, 0.1) is 39.7 Å². The number of nitrogens with one attached hydrogen (secondary N) is 1. The van der Waals surface area contributed by atoms with Crippen molar-refractivity contribution in [2.24, 2.45) is 0 Å². The van der Waals surface area contributed by atoms with Gasteiger partial charge >= 0.3 is 0 Å². The highest BCUT2D eigenvalue weighted by Gasteiger charge is 2.20. The second-order valence-electron chi connectivity index (χ2n) is 6.40. The van der Waals surface area contributed by atoms with Gasteiger partial charge in [-0.05, 0) is 32.0 Å². The number of amides is 2. The summed E-state index contributed by atoms with van der Waals surface area (Å²) in [5.41, 5.74) is 2.39. The molecule has 0 fully saturated rings. The normalized spacial score (nSPS) is 10.8. The van der Waals surface area contributed by atoms with Gasteiger partial charge in [0, 0.05) is 13.1 Å². The molecule has 3 rings (SSSR count). The minimum atomic E-state index is -0.595. The van der Waals surface area contributed by atoms with Gasteiger partial charge in [0.2, 0.25) is 5.91 Å². The summed E-state index contributed by atoms with van der Waals surface area (Å²) < 4.78 is 14.0. The molecule has 0 bridgehead atoms. The maximum atomic E-state index is 14.0. The Bertz CT molecular complexity index is 1090. The lowest BCUT2D eigenvalue weighted by Gasteiger charge is -2.18. The van der Waals surface area contributed by atoms with E-state index in [1.807, 2.05) is 0 Å². The van der Waals surface area contributed by atoms with Crippen LogP contribution in [-0.2, 0) is 4.79 Å². The first-order valence-electron chi connectivity index (χ1n) is 8.50. The number of fused-ring (bicyclic) bond motifs is 1. The Morgan fingerprint density at radius 3 is 2.54 bits per heavy atom. The van der Waals surface area contributed by atoms with Crippen molar-refractivity contribution in [1.29, 1.82) is 0 Å². The molecule has 1 N–H and O–H groups in total. The average Bonchev–Trinajstić information content (AvgIpc) is 2.63. The van der Waals surface area contributed by atoms with Gasteiger partial charge in [-0.15, -0.1) is 0 Å². The number of halogens is 2. The number of aryl methyl sites for hydroxylation is 2. The second-order valence-corrected chi connectivity index (χ2v) is 6.81. The van der Waals surface area contributed by atoms with Gasteiger partial charge in [-0.2, -0.15) is 0 Å². The number of carbonyl (C=O) groups is 2. The van der Waals surface area contributed by atoms with Gasteiger partial charge in [-0.3, -0.25) is 9.59 Å². The molecule has 28 heavy (non-hydrogen) atoms. The zero-order chi connectivity index (χ0) is 20.4. The van der Waals surface area contributed by atoms with E-state index in [0.717, 1.165) is 6.07 Å². The minimum absolute atomic E-state index is 0.0543. The number of carbonyl (C=O) groups excluding carboxylic acids is 2. The molecule has 0 aliphatic rings. The molecule has 2 aromatic carbocycles. The first-order chi connectivity index (χ1) is 13.3. The van der Waals surface area contributed by atoms with Crippen LogP contribution in [0.5, 0.6) is 0 Å². The number of rotatable bonds is 4. The molecule has 0 spiro atoms. The van der Waals surface area contributed by atoms with E-state index in [2.05, 4.69) is 15.3 Å². The van der Waals surface area contributed by atoms with Gasteiger partial charge in [0.15, 0.2) is 0 Å². The van der Waals surface area contributed by atoms with Crippen molar-refractivity contribution in [1.82, 2.24) is 14.9 Å². The Labute approximate surface area is 166 Å². The molecule has 0 saturated carbocycles. The fraction of sp³-hybridized carbons (Fsp3) is 0.200. The zero-order valence-corrected chi connectivity index (χ0v) is 16.3. The molecule has 144 valence electrons. The van der Waals surface area contributed by atoms with Crippen molar-refractivity contribution in [2.45, 2.75) is 13.8 Å². The summed E-state index contributed by atoms with van der Waals surface area (Å²) in [6.45, 7) is 3.29. The number of hydrogen-bond acceptors (Lipinski definition) is 4. The highest BCUT2D eigenvalue weighted by molar-refractivity contribution is 6.33. The van der Waals surface area contributed by atoms with E-state index in [1.165, 1.54) is 18.0 Å². The third-order valence-electron chi connectivity index (χ3n) is 4.25. The number of anilines is 1. The van der Waals surface area contributed by atoms with Crippen LogP contribution in [-0.4, -0.2) is 40.3 Å². The Morgan fingerprint density at radius 1 is 1.14 bits per heavy atom. The molecule has 1 heterocycles. The van der Waals surface area contributed by atoms with E-state index < -0.39 is 17.6 Å². The van der Waals surface area contributed by atoms with Crippen molar-refractivity contribution in [3.63, 3.8) is 0 Å². The minimum Gasteiger partial charge on any atom is -0.332 e. The molecule has 6 nitrogen and oxygen atoms in total. The zero-order valence-electron chi connectivity index (χ0n) is 15.6. The lowest BCUT2D eigenvalue weighted by molar-refractivity contribution is -0.116. The number of hydrogen-bond donors (Lipinski definition) is 1. The fourth-order valence-electron chi connectivity index (χ4n) is 2.71. The monoisotopic (exact) mass is 400 g/mol. The summed E-state index contributed by atoms with van der Waals surface area (Å²) >= 11 is 6.02. The SMILES string of the molecule is Cc1nc2cc(F)cc(C(=O)N(C)CC(=O)Nc3ccccc3Cl)c2nc1C. The van der Waals surface area contributed by atoms with Crippen LogP contribution in [0.2, 0.25) is 5.02 Å². The molecule has 0 aliphatic carbocycles. The van der Waals surface area contributed by atoms with E-state index in [-0.39, 0.29) is 12.1 Å². The van der Waals surface area contributed by atoms with Crippen molar-refractivity contribution in [3.8, 4) is 0 Å². The van der Waals surface area contributed by atoms with Crippen molar-refractivity contribution in [2.75, 3.05) is 18.9 Å². The predicted molar refractivity (Wildman–Crippen MR) is 106 cm³/mol. The number of aromatic nitrogens is 2. The molecule has 0 saturated heterocycles. The topological polar surface area (TPSA) is 75.2 Å².